The highest BCUT2D eigenvalue weighted by Crippen LogP contribution is 2.15. The second-order valence-electron chi connectivity index (χ2n) is 7.52. The van der Waals surface area contributed by atoms with E-state index in [0.717, 1.165) is 11.1 Å². The summed E-state index contributed by atoms with van der Waals surface area (Å²) in [6, 6.07) is 15.7. The highest BCUT2D eigenvalue weighted by molar-refractivity contribution is 5.96. The van der Waals surface area contributed by atoms with Gasteiger partial charge in [-0.05, 0) is 50.2 Å². The molecule has 9 nitrogen and oxygen atoms in total. The predicted molar refractivity (Wildman–Crippen MR) is 119 cm³/mol. The number of rotatable bonds is 9. The van der Waals surface area contributed by atoms with Crippen molar-refractivity contribution in [1.82, 2.24) is 5.32 Å². The van der Waals surface area contributed by atoms with E-state index in [1.165, 1.54) is 30.5 Å². The average molecular weight is 465 g/mol. The van der Waals surface area contributed by atoms with Crippen molar-refractivity contribution >= 4 is 23.8 Å². The van der Waals surface area contributed by atoms with Crippen LogP contribution in [-0.4, -0.2) is 41.1 Å². The lowest BCUT2D eigenvalue weighted by molar-refractivity contribution is -0.159. The molecule has 1 heterocycles. The Labute approximate surface area is 195 Å². The van der Waals surface area contributed by atoms with Gasteiger partial charge in [-0.2, -0.15) is 0 Å². The molecule has 0 unspecified atom stereocenters. The van der Waals surface area contributed by atoms with Gasteiger partial charge in [-0.15, -0.1) is 0 Å². The van der Waals surface area contributed by atoms with Gasteiger partial charge in [0.1, 0.15) is 5.76 Å². The monoisotopic (exact) mass is 465 g/mol. The average Bonchev–Trinajstić information content (AvgIpc) is 3.34. The van der Waals surface area contributed by atoms with Crippen LogP contribution in [0, 0.1) is 13.8 Å². The fraction of sp³-hybridized carbons (Fsp3) is 0.200. The molecule has 0 bridgehead atoms. The molecule has 1 amide bonds. The van der Waals surface area contributed by atoms with Crippen LogP contribution in [-0.2, 0) is 25.6 Å². The van der Waals surface area contributed by atoms with Crippen molar-refractivity contribution in [2.24, 2.45) is 0 Å². The summed E-state index contributed by atoms with van der Waals surface area (Å²) in [6.45, 7) is 3.55. The summed E-state index contributed by atoms with van der Waals surface area (Å²) < 4.78 is 15.5. The lowest BCUT2D eigenvalue weighted by Gasteiger charge is -2.23. The lowest BCUT2D eigenvalue weighted by Crippen LogP contribution is -2.50. The maximum Gasteiger partial charge on any atom is 0.349 e. The van der Waals surface area contributed by atoms with Gasteiger partial charge in [0.25, 0.3) is 5.91 Å². The first-order chi connectivity index (χ1) is 16.2. The first-order valence-corrected chi connectivity index (χ1v) is 10.3. The summed E-state index contributed by atoms with van der Waals surface area (Å²) in [6.07, 6.45) is -2.66. The molecule has 0 saturated heterocycles. The minimum Gasteiger partial charge on any atom is -0.478 e. The van der Waals surface area contributed by atoms with E-state index in [-0.39, 0.29) is 17.7 Å². The van der Waals surface area contributed by atoms with E-state index in [4.69, 9.17) is 13.9 Å². The molecule has 0 fully saturated rings. The Morgan fingerprint density at radius 2 is 1.32 bits per heavy atom. The molecule has 9 heteroatoms. The predicted octanol–water partition coefficient (Wildman–Crippen LogP) is 3.05. The van der Waals surface area contributed by atoms with Crippen LogP contribution >= 0.6 is 0 Å². The summed E-state index contributed by atoms with van der Waals surface area (Å²) in [4.78, 5) is 50.1. The summed E-state index contributed by atoms with van der Waals surface area (Å²) in [7, 11) is 0. The van der Waals surface area contributed by atoms with Crippen molar-refractivity contribution in [3.05, 3.63) is 94.9 Å². The van der Waals surface area contributed by atoms with Crippen LogP contribution in [0.15, 0.2) is 71.3 Å². The Kier molecular flexibility index (Phi) is 7.81. The van der Waals surface area contributed by atoms with Crippen LogP contribution in [0.25, 0.3) is 0 Å². The highest BCUT2D eigenvalue weighted by atomic mass is 16.6. The van der Waals surface area contributed by atoms with Crippen LogP contribution in [0.4, 0.5) is 0 Å². The fourth-order valence-electron chi connectivity index (χ4n) is 2.93. The van der Waals surface area contributed by atoms with Gasteiger partial charge in [0, 0.05) is 0 Å². The van der Waals surface area contributed by atoms with Gasteiger partial charge in [-0.25, -0.2) is 14.4 Å². The Morgan fingerprint density at radius 1 is 0.824 bits per heavy atom. The number of aryl methyl sites for hydroxylation is 2. The molecule has 0 saturated carbocycles. The quantitative estimate of drug-likeness (QED) is 0.461. The molecule has 0 radical (unpaired) electrons. The number of hydrogen-bond donors (Lipinski definition) is 2. The first kappa shape index (κ1) is 24.2. The van der Waals surface area contributed by atoms with Crippen molar-refractivity contribution < 1.29 is 38.2 Å². The van der Waals surface area contributed by atoms with E-state index in [2.05, 4.69) is 5.32 Å². The summed E-state index contributed by atoms with van der Waals surface area (Å²) in [5.74, 6) is -4.17. The zero-order chi connectivity index (χ0) is 24.7. The van der Waals surface area contributed by atoms with Gasteiger partial charge in [0.15, 0.2) is 0 Å². The number of aliphatic carboxylic acids is 1. The van der Waals surface area contributed by atoms with Crippen molar-refractivity contribution in [3.63, 3.8) is 0 Å². The SMILES string of the molecule is Cc1ccc(C(=O)O[C@@H](C(=O)O)[C@@H](OC(=O)c2ccc(C)cc2)C(=O)NCc2ccco2)cc1. The second kappa shape index (κ2) is 11.0. The van der Waals surface area contributed by atoms with Crippen molar-refractivity contribution in [2.45, 2.75) is 32.6 Å². The van der Waals surface area contributed by atoms with Crippen molar-refractivity contribution in [1.29, 1.82) is 0 Å². The molecule has 0 spiro atoms. The summed E-state index contributed by atoms with van der Waals surface area (Å²) in [5, 5.41) is 12.2. The Hall–Kier alpha value is -4.40. The van der Waals surface area contributed by atoms with Crippen molar-refractivity contribution in [3.8, 4) is 0 Å². The summed E-state index contributed by atoms with van der Waals surface area (Å²) in [5.41, 5.74) is 1.95. The molecular weight excluding hydrogens is 442 g/mol. The van der Waals surface area contributed by atoms with Gasteiger partial charge >= 0.3 is 17.9 Å². The second-order valence-corrected chi connectivity index (χ2v) is 7.52. The Morgan fingerprint density at radius 3 is 1.76 bits per heavy atom. The number of esters is 2. The van der Waals surface area contributed by atoms with Gasteiger partial charge in [-0.3, -0.25) is 4.79 Å². The number of furan rings is 1. The molecule has 176 valence electrons. The lowest BCUT2D eigenvalue weighted by atomic mass is 10.1. The van der Waals surface area contributed by atoms with Gasteiger partial charge in [-0.1, -0.05) is 35.4 Å². The normalized spacial score (nSPS) is 12.3. The third-order valence-corrected chi connectivity index (χ3v) is 4.84. The van der Waals surface area contributed by atoms with E-state index in [0.29, 0.717) is 5.76 Å². The van der Waals surface area contributed by atoms with E-state index in [1.807, 2.05) is 13.8 Å². The Bertz CT molecular complexity index is 1150. The molecule has 34 heavy (non-hydrogen) atoms. The standard InChI is InChI=1S/C25H23NO8/c1-15-5-9-17(10-6-15)24(30)33-20(22(27)26-14-19-4-3-13-32-19)21(23(28)29)34-25(31)18-11-7-16(2)8-12-18/h3-13,20-21H,14H2,1-2H3,(H,26,27)(H,28,29)/t20-,21-/m1/s1. The fourth-order valence-corrected chi connectivity index (χ4v) is 2.93. The van der Waals surface area contributed by atoms with Crippen molar-refractivity contribution in [2.75, 3.05) is 0 Å². The topological polar surface area (TPSA) is 132 Å². The first-order valence-electron chi connectivity index (χ1n) is 10.3. The van der Waals surface area contributed by atoms with Crippen LogP contribution in [0.1, 0.15) is 37.6 Å². The van der Waals surface area contributed by atoms with Crippen LogP contribution < -0.4 is 5.32 Å². The van der Waals surface area contributed by atoms with Gasteiger partial charge in [0.2, 0.25) is 12.2 Å². The molecule has 1 aromatic heterocycles. The molecule has 0 aliphatic carbocycles. The number of hydrogen-bond acceptors (Lipinski definition) is 7. The summed E-state index contributed by atoms with van der Waals surface area (Å²) >= 11 is 0. The zero-order valence-electron chi connectivity index (χ0n) is 18.5. The minimum atomic E-state index is -2.10. The minimum absolute atomic E-state index is 0.0801. The number of carboxylic acids is 1. The highest BCUT2D eigenvalue weighted by Gasteiger charge is 2.41. The molecule has 3 aromatic rings. The van der Waals surface area contributed by atoms with Crippen LogP contribution in [0.2, 0.25) is 0 Å². The molecule has 0 aliphatic heterocycles. The number of nitrogens with one attached hydrogen (secondary N) is 1. The van der Waals surface area contributed by atoms with E-state index >= 15 is 0 Å². The van der Waals surface area contributed by atoms with E-state index in [1.54, 1.807) is 36.4 Å². The maximum absolute atomic E-state index is 12.9. The molecular formula is C25H23NO8. The van der Waals surface area contributed by atoms with Gasteiger partial charge in [0.05, 0.1) is 23.9 Å². The number of carboxylic acid groups (broad SMARTS) is 1. The number of benzene rings is 2. The Balaban J connectivity index is 1.84. The number of carbonyl (C=O) groups is 4. The number of carbonyl (C=O) groups excluding carboxylic acids is 3. The molecule has 2 N–H and O–H groups in total. The van der Waals surface area contributed by atoms with Crippen LogP contribution in [0.3, 0.4) is 0 Å². The smallest absolute Gasteiger partial charge is 0.349 e. The molecule has 0 aliphatic rings. The van der Waals surface area contributed by atoms with E-state index < -0.39 is 36.0 Å². The molecule has 2 atom stereocenters. The number of amides is 1. The zero-order valence-corrected chi connectivity index (χ0v) is 18.5. The largest absolute Gasteiger partial charge is 0.478 e. The van der Waals surface area contributed by atoms with E-state index in [9.17, 15) is 24.3 Å². The molecule has 3 rings (SSSR count). The third-order valence-electron chi connectivity index (χ3n) is 4.84. The van der Waals surface area contributed by atoms with Gasteiger partial charge < -0.3 is 24.3 Å². The molecule has 2 aromatic carbocycles. The number of ether oxygens (including phenoxy) is 2. The van der Waals surface area contributed by atoms with Crippen LogP contribution in [0.5, 0.6) is 0 Å². The third kappa shape index (κ3) is 6.32. The maximum atomic E-state index is 12.9.